The Hall–Kier alpha value is -1.99. The first kappa shape index (κ1) is 14.4. The van der Waals surface area contributed by atoms with Crippen molar-refractivity contribution < 1.29 is 9.53 Å². The second kappa shape index (κ2) is 5.26. The molecular formula is C17H18N4O2S. The van der Waals surface area contributed by atoms with Crippen LogP contribution in [0.1, 0.15) is 12.8 Å². The molecule has 4 saturated heterocycles. The number of hydrogen-bond donors (Lipinski definition) is 0. The van der Waals surface area contributed by atoms with Crippen molar-refractivity contribution in [1.29, 1.82) is 0 Å². The molecule has 6 nitrogen and oxygen atoms in total. The van der Waals surface area contributed by atoms with Gasteiger partial charge < -0.3 is 4.74 Å². The molecule has 1 atom stereocenters. The van der Waals surface area contributed by atoms with Crippen LogP contribution in [0.15, 0.2) is 29.9 Å². The molecule has 124 valence electrons. The second-order valence-corrected chi connectivity index (χ2v) is 7.68. The zero-order chi connectivity index (χ0) is 16.1. The largest absolute Gasteiger partial charge is 0.439 e. The van der Waals surface area contributed by atoms with Gasteiger partial charge in [0, 0.05) is 35.8 Å². The molecule has 6 heterocycles. The molecule has 7 heteroatoms. The molecule has 0 aromatic carbocycles. The van der Waals surface area contributed by atoms with Crippen molar-refractivity contribution in [3.8, 4) is 10.6 Å². The Kier molecular flexibility index (Phi) is 3.14. The van der Waals surface area contributed by atoms with Crippen molar-refractivity contribution >= 4 is 23.2 Å². The molecule has 2 aromatic rings. The summed E-state index contributed by atoms with van der Waals surface area (Å²) in [5, 5.41) is 2.81. The number of pyridine rings is 1. The Labute approximate surface area is 144 Å². The molecule has 1 amide bonds. The lowest BCUT2D eigenvalue weighted by molar-refractivity contribution is -0.0881. The lowest BCUT2D eigenvalue weighted by Gasteiger charge is -2.49. The number of ether oxygens (including phenoxy) is 1. The van der Waals surface area contributed by atoms with Crippen molar-refractivity contribution in [3.63, 3.8) is 0 Å². The van der Waals surface area contributed by atoms with E-state index in [1.54, 1.807) is 17.3 Å². The summed E-state index contributed by atoms with van der Waals surface area (Å²) >= 11 is 1.53. The summed E-state index contributed by atoms with van der Waals surface area (Å²) in [5.74, 6) is 1.17. The highest BCUT2D eigenvalue weighted by atomic mass is 32.1. The number of carbonyl (C=O) groups is 1. The zero-order valence-electron chi connectivity index (χ0n) is 13.2. The molecule has 24 heavy (non-hydrogen) atoms. The van der Waals surface area contributed by atoms with Crippen LogP contribution in [0.5, 0.6) is 0 Å². The van der Waals surface area contributed by atoms with E-state index in [9.17, 15) is 4.79 Å². The van der Waals surface area contributed by atoms with Crippen LogP contribution in [0.4, 0.5) is 10.6 Å². The summed E-state index contributed by atoms with van der Waals surface area (Å²) < 4.78 is 5.90. The van der Waals surface area contributed by atoms with Crippen LogP contribution in [0.25, 0.3) is 10.6 Å². The zero-order valence-corrected chi connectivity index (χ0v) is 14.0. The number of fused-ring (bicyclic) bond motifs is 2. The molecule has 4 aliphatic heterocycles. The molecule has 0 aliphatic carbocycles. The van der Waals surface area contributed by atoms with Gasteiger partial charge in [0.15, 0.2) is 0 Å². The highest BCUT2D eigenvalue weighted by Gasteiger charge is 2.56. The van der Waals surface area contributed by atoms with Crippen molar-refractivity contribution in [1.82, 2.24) is 14.9 Å². The third kappa shape index (κ3) is 2.15. The molecule has 0 radical (unpaired) electrons. The standard InChI is InChI=1S/C17H18N4O2S/c22-16-21(11-17(23-16)10-20-6-3-13(17)4-7-20)14-9-24-15(19-14)12-2-1-5-18-8-12/h1-2,5,8-9,13H,3-4,6-7,10-11H2. The Morgan fingerprint density at radius 2 is 2.17 bits per heavy atom. The van der Waals surface area contributed by atoms with E-state index in [1.807, 2.05) is 17.5 Å². The number of thiazole rings is 1. The Balaban J connectivity index is 1.42. The summed E-state index contributed by atoms with van der Waals surface area (Å²) in [6.07, 6.45) is 5.53. The van der Waals surface area contributed by atoms with Crippen molar-refractivity contribution in [2.75, 3.05) is 31.1 Å². The topological polar surface area (TPSA) is 58.6 Å². The van der Waals surface area contributed by atoms with Crippen LogP contribution in [0.2, 0.25) is 0 Å². The van der Waals surface area contributed by atoms with Crippen molar-refractivity contribution in [2.24, 2.45) is 5.92 Å². The lowest BCUT2D eigenvalue weighted by Crippen LogP contribution is -2.61. The summed E-state index contributed by atoms with van der Waals surface area (Å²) in [6.45, 7) is 3.74. The third-order valence-corrected chi connectivity index (χ3v) is 6.32. The van der Waals surface area contributed by atoms with Gasteiger partial charge in [0.2, 0.25) is 0 Å². The smallest absolute Gasteiger partial charge is 0.416 e. The van der Waals surface area contributed by atoms with Gasteiger partial charge in [0.25, 0.3) is 0 Å². The van der Waals surface area contributed by atoms with Crippen molar-refractivity contribution in [3.05, 3.63) is 29.9 Å². The molecular weight excluding hydrogens is 324 g/mol. The first-order valence-corrected chi connectivity index (χ1v) is 9.20. The molecule has 4 aliphatic rings. The van der Waals surface area contributed by atoms with Gasteiger partial charge in [-0.3, -0.25) is 14.8 Å². The van der Waals surface area contributed by atoms with Gasteiger partial charge in [0.1, 0.15) is 16.4 Å². The van der Waals surface area contributed by atoms with E-state index in [2.05, 4.69) is 14.9 Å². The van der Waals surface area contributed by atoms with Gasteiger partial charge >= 0.3 is 6.09 Å². The minimum absolute atomic E-state index is 0.258. The van der Waals surface area contributed by atoms with E-state index in [1.165, 1.54) is 11.3 Å². The maximum Gasteiger partial charge on any atom is 0.416 e. The SMILES string of the molecule is O=C1OC2(CN3CCC2CC3)CN1c1csc(-c2cccnc2)n1. The van der Waals surface area contributed by atoms with Crippen LogP contribution < -0.4 is 4.90 Å². The highest BCUT2D eigenvalue weighted by Crippen LogP contribution is 2.43. The number of carbonyl (C=O) groups excluding carboxylic acids is 1. The quantitative estimate of drug-likeness (QED) is 0.840. The summed E-state index contributed by atoms with van der Waals surface area (Å²) in [7, 11) is 0. The van der Waals surface area contributed by atoms with Crippen LogP contribution in [-0.2, 0) is 4.74 Å². The molecule has 2 bridgehead atoms. The Bertz CT molecular complexity index is 772. The molecule has 0 saturated carbocycles. The summed E-state index contributed by atoms with van der Waals surface area (Å²) in [6, 6.07) is 3.87. The first-order chi connectivity index (χ1) is 11.7. The van der Waals surface area contributed by atoms with E-state index < -0.39 is 0 Å². The fourth-order valence-electron chi connectivity index (χ4n) is 4.20. The second-order valence-electron chi connectivity index (χ2n) is 6.82. The molecule has 1 spiro atoms. The van der Waals surface area contributed by atoms with Crippen molar-refractivity contribution in [2.45, 2.75) is 18.4 Å². The van der Waals surface area contributed by atoms with E-state index in [0.29, 0.717) is 18.3 Å². The minimum Gasteiger partial charge on any atom is -0.439 e. The van der Waals surface area contributed by atoms with Crippen LogP contribution in [0, 0.1) is 5.92 Å². The molecule has 2 aromatic heterocycles. The maximum absolute atomic E-state index is 12.5. The lowest BCUT2D eigenvalue weighted by atomic mass is 9.75. The number of nitrogens with zero attached hydrogens (tertiary/aromatic N) is 4. The number of piperidine rings is 3. The minimum atomic E-state index is -0.342. The van der Waals surface area contributed by atoms with E-state index in [4.69, 9.17) is 4.74 Å². The number of hydrogen-bond acceptors (Lipinski definition) is 6. The fourth-order valence-corrected chi connectivity index (χ4v) is 5.00. The van der Waals surface area contributed by atoms with Gasteiger partial charge in [-0.15, -0.1) is 11.3 Å². The Morgan fingerprint density at radius 3 is 2.88 bits per heavy atom. The van der Waals surface area contributed by atoms with Gasteiger partial charge in [-0.1, -0.05) is 0 Å². The van der Waals surface area contributed by atoms with Gasteiger partial charge in [-0.05, 0) is 38.1 Å². The molecule has 4 fully saturated rings. The molecule has 1 unspecified atom stereocenters. The van der Waals surface area contributed by atoms with Gasteiger partial charge in [-0.25, -0.2) is 9.78 Å². The Morgan fingerprint density at radius 1 is 1.29 bits per heavy atom. The summed E-state index contributed by atoms with van der Waals surface area (Å²) in [4.78, 5) is 25.4. The predicted octanol–water partition coefficient (Wildman–Crippen LogP) is 2.63. The number of aromatic nitrogens is 2. The van der Waals surface area contributed by atoms with Crippen LogP contribution in [0.3, 0.4) is 0 Å². The van der Waals surface area contributed by atoms with Gasteiger partial charge in [-0.2, -0.15) is 0 Å². The van der Waals surface area contributed by atoms with E-state index in [-0.39, 0.29) is 11.7 Å². The van der Waals surface area contributed by atoms with Crippen LogP contribution >= 0.6 is 11.3 Å². The highest BCUT2D eigenvalue weighted by molar-refractivity contribution is 7.13. The fraction of sp³-hybridized carbons (Fsp3) is 0.471. The summed E-state index contributed by atoms with van der Waals surface area (Å²) in [5.41, 5.74) is 0.630. The van der Waals surface area contributed by atoms with E-state index in [0.717, 1.165) is 43.0 Å². The number of amides is 1. The first-order valence-electron chi connectivity index (χ1n) is 8.32. The van der Waals surface area contributed by atoms with Gasteiger partial charge in [0.05, 0.1) is 6.54 Å². The number of anilines is 1. The predicted molar refractivity (Wildman–Crippen MR) is 91.1 cm³/mol. The monoisotopic (exact) mass is 342 g/mol. The average Bonchev–Trinajstić information content (AvgIpc) is 3.22. The third-order valence-electron chi connectivity index (χ3n) is 5.44. The van der Waals surface area contributed by atoms with E-state index >= 15 is 0 Å². The van der Waals surface area contributed by atoms with Crippen LogP contribution in [-0.4, -0.2) is 52.7 Å². The molecule has 0 N–H and O–H groups in total. The number of rotatable bonds is 2. The normalized spacial score (nSPS) is 31.7. The maximum atomic E-state index is 12.5. The molecule has 6 rings (SSSR count). The average molecular weight is 342 g/mol.